The zero-order valence-corrected chi connectivity index (χ0v) is 13.2. The lowest BCUT2D eigenvalue weighted by Gasteiger charge is -2.32. The van der Waals surface area contributed by atoms with E-state index in [1.807, 2.05) is 12.1 Å². The maximum absolute atomic E-state index is 12.8. The number of hydrogen-bond donors (Lipinski definition) is 1. The Morgan fingerprint density at radius 2 is 2.00 bits per heavy atom. The molecule has 0 spiro atoms. The van der Waals surface area contributed by atoms with Crippen LogP contribution in [0.4, 0.5) is 5.95 Å². The van der Waals surface area contributed by atoms with Gasteiger partial charge in [-0.3, -0.25) is 14.2 Å². The lowest BCUT2D eigenvalue weighted by atomic mass is 9.99. The van der Waals surface area contributed by atoms with Crippen molar-refractivity contribution in [3.8, 4) is 0 Å². The molecule has 2 aromatic rings. The first-order chi connectivity index (χ1) is 11.1. The topological polar surface area (TPSA) is 75.4 Å². The molecule has 0 amide bonds. The second-order valence-electron chi connectivity index (χ2n) is 6.20. The highest BCUT2D eigenvalue weighted by atomic mass is 16.4. The van der Waals surface area contributed by atoms with Gasteiger partial charge in [0.25, 0.3) is 5.56 Å². The van der Waals surface area contributed by atoms with Gasteiger partial charge < -0.3 is 10.0 Å². The fourth-order valence-corrected chi connectivity index (χ4v) is 3.02. The Morgan fingerprint density at radius 3 is 2.70 bits per heavy atom. The average molecular weight is 315 g/mol. The number of para-hydroxylation sites is 1. The molecule has 1 aliphatic rings. The van der Waals surface area contributed by atoms with Gasteiger partial charge in [0, 0.05) is 19.6 Å². The lowest BCUT2D eigenvalue weighted by Crippen LogP contribution is -2.38. The highest BCUT2D eigenvalue weighted by Gasteiger charge is 2.21. The first kappa shape index (κ1) is 15.5. The number of carboxylic acid groups (broad SMARTS) is 1. The number of rotatable bonds is 4. The molecule has 0 atom stereocenters. The van der Waals surface area contributed by atoms with Crippen molar-refractivity contribution in [2.24, 2.45) is 5.92 Å². The van der Waals surface area contributed by atoms with Crippen molar-refractivity contribution < 1.29 is 9.90 Å². The number of carboxylic acids is 1. The van der Waals surface area contributed by atoms with Crippen molar-refractivity contribution in [1.29, 1.82) is 0 Å². The van der Waals surface area contributed by atoms with Crippen LogP contribution in [-0.4, -0.2) is 33.7 Å². The Labute approximate surface area is 134 Å². The molecule has 1 N–H and O–H groups in total. The maximum atomic E-state index is 12.8. The van der Waals surface area contributed by atoms with Gasteiger partial charge in [0.2, 0.25) is 5.95 Å². The quantitative estimate of drug-likeness (QED) is 0.935. The number of carbonyl (C=O) groups is 1. The molecule has 1 aromatic heterocycles. The fraction of sp³-hybridized carbons (Fsp3) is 0.471. The molecule has 0 saturated carbocycles. The predicted octanol–water partition coefficient (Wildman–Crippen LogP) is 2.11. The summed E-state index contributed by atoms with van der Waals surface area (Å²) in [6.45, 7) is 4.06. The highest BCUT2D eigenvalue weighted by molar-refractivity contribution is 5.78. The first-order valence-electron chi connectivity index (χ1n) is 8.02. The van der Waals surface area contributed by atoms with E-state index in [4.69, 9.17) is 5.11 Å². The van der Waals surface area contributed by atoms with Crippen LogP contribution in [0.15, 0.2) is 29.1 Å². The second kappa shape index (κ2) is 6.40. The minimum atomic E-state index is -0.914. The zero-order valence-electron chi connectivity index (χ0n) is 13.2. The van der Waals surface area contributed by atoms with Crippen LogP contribution in [0.3, 0.4) is 0 Å². The van der Waals surface area contributed by atoms with Crippen LogP contribution in [0.5, 0.6) is 0 Å². The minimum absolute atomic E-state index is 0.0861. The van der Waals surface area contributed by atoms with Gasteiger partial charge in [0.1, 0.15) is 0 Å². The zero-order chi connectivity index (χ0) is 16.4. The second-order valence-corrected chi connectivity index (χ2v) is 6.20. The number of hydrogen-bond acceptors (Lipinski definition) is 4. The number of piperidine rings is 1. The number of aliphatic carboxylic acids is 1. The van der Waals surface area contributed by atoms with Gasteiger partial charge in [-0.15, -0.1) is 0 Å². The summed E-state index contributed by atoms with van der Waals surface area (Å²) in [6.07, 6.45) is 2.03. The van der Waals surface area contributed by atoms with Gasteiger partial charge in [-0.1, -0.05) is 19.1 Å². The number of anilines is 1. The van der Waals surface area contributed by atoms with Crippen molar-refractivity contribution in [1.82, 2.24) is 9.55 Å². The number of nitrogens with zero attached hydrogens (tertiary/aromatic N) is 3. The van der Waals surface area contributed by atoms with Crippen LogP contribution in [0.1, 0.15) is 26.2 Å². The van der Waals surface area contributed by atoms with Crippen LogP contribution >= 0.6 is 0 Å². The van der Waals surface area contributed by atoms with Crippen LogP contribution in [0.2, 0.25) is 0 Å². The molecule has 0 aliphatic carbocycles. The van der Waals surface area contributed by atoms with Crippen molar-refractivity contribution in [2.75, 3.05) is 18.0 Å². The van der Waals surface area contributed by atoms with E-state index in [0.29, 0.717) is 22.8 Å². The Kier molecular flexibility index (Phi) is 4.32. The van der Waals surface area contributed by atoms with E-state index in [1.165, 1.54) is 4.57 Å². The lowest BCUT2D eigenvalue weighted by molar-refractivity contribution is -0.137. The standard InChI is InChI=1S/C17H21N3O3/c1-12-6-9-19(10-7-12)17-18-14-5-3-2-4-13(14)16(23)20(17)11-8-15(21)22/h2-5,12H,6-11H2,1H3,(H,21,22). The van der Waals surface area contributed by atoms with Crippen molar-refractivity contribution in [2.45, 2.75) is 32.7 Å². The molecule has 1 fully saturated rings. The van der Waals surface area contributed by atoms with Crippen molar-refractivity contribution in [3.05, 3.63) is 34.6 Å². The molecule has 1 saturated heterocycles. The van der Waals surface area contributed by atoms with Crippen molar-refractivity contribution in [3.63, 3.8) is 0 Å². The van der Waals surface area contributed by atoms with Crippen LogP contribution < -0.4 is 10.5 Å². The molecular formula is C17H21N3O3. The molecule has 122 valence electrons. The number of fused-ring (bicyclic) bond motifs is 1. The fourth-order valence-electron chi connectivity index (χ4n) is 3.02. The van der Waals surface area contributed by atoms with Gasteiger partial charge >= 0.3 is 5.97 Å². The average Bonchev–Trinajstić information content (AvgIpc) is 2.54. The molecule has 6 nitrogen and oxygen atoms in total. The summed E-state index contributed by atoms with van der Waals surface area (Å²) in [4.78, 5) is 30.5. The Hall–Kier alpha value is -2.37. The molecule has 6 heteroatoms. The number of aromatic nitrogens is 2. The van der Waals surface area contributed by atoms with E-state index >= 15 is 0 Å². The summed E-state index contributed by atoms with van der Waals surface area (Å²) in [5.74, 6) is 0.357. The van der Waals surface area contributed by atoms with Gasteiger partial charge in [-0.25, -0.2) is 4.98 Å². The maximum Gasteiger partial charge on any atom is 0.305 e. The largest absolute Gasteiger partial charge is 0.481 e. The molecule has 1 aliphatic heterocycles. The van der Waals surface area contributed by atoms with Crippen molar-refractivity contribution >= 4 is 22.8 Å². The van der Waals surface area contributed by atoms with E-state index in [2.05, 4.69) is 16.8 Å². The SMILES string of the molecule is CC1CCN(c2nc3ccccc3c(=O)n2CCC(=O)O)CC1. The van der Waals surface area contributed by atoms with Gasteiger partial charge in [-0.05, 0) is 30.9 Å². The van der Waals surface area contributed by atoms with E-state index in [1.54, 1.807) is 12.1 Å². The molecule has 3 rings (SSSR count). The summed E-state index contributed by atoms with van der Waals surface area (Å²) >= 11 is 0. The molecule has 2 heterocycles. The van der Waals surface area contributed by atoms with Crippen LogP contribution in [0.25, 0.3) is 10.9 Å². The normalized spacial score (nSPS) is 16.0. The van der Waals surface area contributed by atoms with Gasteiger partial charge in [0.15, 0.2) is 0 Å². The van der Waals surface area contributed by atoms with E-state index in [-0.39, 0.29) is 18.5 Å². The molecular weight excluding hydrogens is 294 g/mol. The summed E-state index contributed by atoms with van der Waals surface area (Å²) in [5.41, 5.74) is 0.503. The third-order valence-electron chi connectivity index (χ3n) is 4.46. The Morgan fingerprint density at radius 1 is 1.30 bits per heavy atom. The third-order valence-corrected chi connectivity index (χ3v) is 4.46. The molecule has 0 radical (unpaired) electrons. The van der Waals surface area contributed by atoms with E-state index in [9.17, 15) is 9.59 Å². The minimum Gasteiger partial charge on any atom is -0.481 e. The summed E-state index contributed by atoms with van der Waals surface area (Å²) in [7, 11) is 0. The van der Waals surface area contributed by atoms with Gasteiger partial charge in [-0.2, -0.15) is 0 Å². The van der Waals surface area contributed by atoms with E-state index < -0.39 is 5.97 Å². The monoisotopic (exact) mass is 315 g/mol. The molecule has 1 aromatic carbocycles. The third kappa shape index (κ3) is 3.21. The summed E-state index contributed by atoms with van der Waals surface area (Å²) in [5, 5.41) is 9.50. The van der Waals surface area contributed by atoms with Crippen LogP contribution in [0, 0.1) is 5.92 Å². The van der Waals surface area contributed by atoms with Gasteiger partial charge in [0.05, 0.1) is 17.3 Å². The highest BCUT2D eigenvalue weighted by Crippen LogP contribution is 2.22. The predicted molar refractivity (Wildman–Crippen MR) is 88.9 cm³/mol. The first-order valence-corrected chi connectivity index (χ1v) is 8.02. The van der Waals surface area contributed by atoms with Crippen LogP contribution in [-0.2, 0) is 11.3 Å². The molecule has 0 bridgehead atoms. The summed E-state index contributed by atoms with van der Waals surface area (Å²) in [6, 6.07) is 7.23. The molecule has 0 unspecified atom stereocenters. The Balaban J connectivity index is 2.07. The number of benzene rings is 1. The Bertz CT molecular complexity index is 776. The summed E-state index contributed by atoms with van der Waals surface area (Å²) < 4.78 is 1.52. The van der Waals surface area contributed by atoms with E-state index in [0.717, 1.165) is 25.9 Å². The smallest absolute Gasteiger partial charge is 0.305 e. The molecule has 23 heavy (non-hydrogen) atoms.